The standard InChI is InChI=1S/C19H24O4/c20-11-18(14-22-12-16-7-3-1-4-8-16)19(21)15-23-13-17-9-5-2-6-10-17/h1-10,18-21H,11-15H2/t18-,19+/m0/s1. The van der Waals surface area contributed by atoms with Gasteiger partial charge in [0.25, 0.3) is 0 Å². The van der Waals surface area contributed by atoms with E-state index in [2.05, 4.69) is 0 Å². The van der Waals surface area contributed by atoms with E-state index in [-0.39, 0.29) is 19.1 Å². The summed E-state index contributed by atoms with van der Waals surface area (Å²) in [6.45, 7) is 1.25. The maximum atomic E-state index is 10.1. The maximum absolute atomic E-state index is 10.1. The highest BCUT2D eigenvalue weighted by Gasteiger charge is 2.19. The molecular weight excluding hydrogens is 292 g/mol. The molecule has 2 N–H and O–H groups in total. The molecule has 2 aromatic carbocycles. The van der Waals surface area contributed by atoms with E-state index in [4.69, 9.17) is 9.47 Å². The van der Waals surface area contributed by atoms with Crippen molar-refractivity contribution in [3.63, 3.8) is 0 Å². The molecular formula is C19H24O4. The first-order valence-corrected chi connectivity index (χ1v) is 7.82. The monoisotopic (exact) mass is 316 g/mol. The quantitative estimate of drug-likeness (QED) is 0.706. The topological polar surface area (TPSA) is 58.9 Å². The molecule has 2 atom stereocenters. The number of ether oxygens (including phenoxy) is 2. The third-order valence-corrected chi connectivity index (χ3v) is 3.62. The molecule has 23 heavy (non-hydrogen) atoms. The zero-order valence-electron chi connectivity index (χ0n) is 13.2. The zero-order valence-corrected chi connectivity index (χ0v) is 13.2. The molecule has 2 aromatic rings. The summed E-state index contributed by atoms with van der Waals surface area (Å²) in [6.07, 6.45) is -0.750. The predicted molar refractivity (Wildman–Crippen MR) is 88.8 cm³/mol. The Bertz CT molecular complexity index is 530. The molecule has 4 heteroatoms. The minimum Gasteiger partial charge on any atom is -0.396 e. The van der Waals surface area contributed by atoms with Gasteiger partial charge in [0.15, 0.2) is 0 Å². The third-order valence-electron chi connectivity index (χ3n) is 3.62. The van der Waals surface area contributed by atoms with Crippen LogP contribution in [0.25, 0.3) is 0 Å². The van der Waals surface area contributed by atoms with Crippen molar-refractivity contribution in [3.05, 3.63) is 71.8 Å². The van der Waals surface area contributed by atoms with Gasteiger partial charge in [-0.15, -0.1) is 0 Å². The highest BCUT2D eigenvalue weighted by molar-refractivity contribution is 5.14. The lowest BCUT2D eigenvalue weighted by Crippen LogP contribution is -2.32. The number of hydrogen-bond donors (Lipinski definition) is 2. The van der Waals surface area contributed by atoms with Gasteiger partial charge in [-0.1, -0.05) is 60.7 Å². The molecule has 0 amide bonds. The summed E-state index contributed by atoms with van der Waals surface area (Å²) < 4.78 is 11.1. The summed E-state index contributed by atoms with van der Waals surface area (Å²) in [5.74, 6) is -0.352. The van der Waals surface area contributed by atoms with Gasteiger partial charge in [-0.3, -0.25) is 0 Å². The van der Waals surface area contributed by atoms with E-state index in [0.29, 0.717) is 19.8 Å². The number of benzene rings is 2. The predicted octanol–water partition coefficient (Wildman–Crippen LogP) is 2.39. The maximum Gasteiger partial charge on any atom is 0.0845 e. The molecule has 0 aromatic heterocycles. The number of aliphatic hydroxyl groups is 2. The summed E-state index contributed by atoms with van der Waals surface area (Å²) in [4.78, 5) is 0. The van der Waals surface area contributed by atoms with E-state index < -0.39 is 6.10 Å². The molecule has 0 heterocycles. The summed E-state index contributed by atoms with van der Waals surface area (Å²) in [7, 11) is 0. The third kappa shape index (κ3) is 6.50. The lowest BCUT2D eigenvalue weighted by molar-refractivity contribution is -0.0476. The van der Waals surface area contributed by atoms with E-state index in [9.17, 15) is 10.2 Å². The highest BCUT2D eigenvalue weighted by atomic mass is 16.5. The van der Waals surface area contributed by atoms with Crippen LogP contribution >= 0.6 is 0 Å². The van der Waals surface area contributed by atoms with Gasteiger partial charge in [-0.25, -0.2) is 0 Å². The van der Waals surface area contributed by atoms with E-state index in [0.717, 1.165) is 11.1 Å². The van der Waals surface area contributed by atoms with Gasteiger partial charge in [0.1, 0.15) is 0 Å². The van der Waals surface area contributed by atoms with Gasteiger partial charge in [0, 0.05) is 5.92 Å². The number of rotatable bonds is 10. The van der Waals surface area contributed by atoms with Gasteiger partial charge in [0.05, 0.1) is 39.1 Å². The Hall–Kier alpha value is -1.72. The molecule has 0 aliphatic carbocycles. The van der Waals surface area contributed by atoms with Crippen molar-refractivity contribution in [2.75, 3.05) is 19.8 Å². The Morgan fingerprint density at radius 1 is 0.739 bits per heavy atom. The fraction of sp³-hybridized carbons (Fsp3) is 0.368. The zero-order chi connectivity index (χ0) is 16.3. The van der Waals surface area contributed by atoms with E-state index in [1.165, 1.54) is 0 Å². The normalized spacial score (nSPS) is 13.7. The van der Waals surface area contributed by atoms with Crippen LogP contribution in [0.5, 0.6) is 0 Å². The first kappa shape index (κ1) is 17.6. The van der Waals surface area contributed by atoms with Crippen LogP contribution in [0, 0.1) is 5.92 Å². The van der Waals surface area contributed by atoms with Crippen molar-refractivity contribution in [1.29, 1.82) is 0 Å². The summed E-state index contributed by atoms with van der Waals surface area (Å²) in [5.41, 5.74) is 2.12. The van der Waals surface area contributed by atoms with Crippen molar-refractivity contribution < 1.29 is 19.7 Å². The van der Waals surface area contributed by atoms with Crippen molar-refractivity contribution in [2.45, 2.75) is 19.3 Å². The fourth-order valence-electron chi connectivity index (χ4n) is 2.20. The van der Waals surface area contributed by atoms with Crippen LogP contribution in [0.2, 0.25) is 0 Å². The Morgan fingerprint density at radius 3 is 1.70 bits per heavy atom. The Morgan fingerprint density at radius 2 is 1.22 bits per heavy atom. The van der Waals surface area contributed by atoms with Crippen LogP contribution in [0.4, 0.5) is 0 Å². The second-order valence-electron chi connectivity index (χ2n) is 5.51. The van der Waals surface area contributed by atoms with Crippen LogP contribution in [-0.4, -0.2) is 36.1 Å². The van der Waals surface area contributed by atoms with Gasteiger partial charge in [-0.05, 0) is 11.1 Å². The minimum absolute atomic E-state index is 0.134. The molecule has 124 valence electrons. The molecule has 0 bridgehead atoms. The molecule has 2 rings (SSSR count). The Balaban J connectivity index is 1.67. The van der Waals surface area contributed by atoms with E-state index in [1.807, 2.05) is 60.7 Å². The summed E-state index contributed by atoms with van der Waals surface area (Å²) >= 11 is 0. The number of hydrogen-bond acceptors (Lipinski definition) is 4. The van der Waals surface area contributed by atoms with E-state index >= 15 is 0 Å². The molecule has 0 fully saturated rings. The molecule has 0 unspecified atom stereocenters. The second kappa shape index (κ2) is 10.1. The Labute approximate surface area is 137 Å². The molecule has 0 aliphatic rings. The molecule has 0 radical (unpaired) electrons. The van der Waals surface area contributed by atoms with Crippen molar-refractivity contribution in [1.82, 2.24) is 0 Å². The van der Waals surface area contributed by atoms with Gasteiger partial charge >= 0.3 is 0 Å². The van der Waals surface area contributed by atoms with Crippen molar-refractivity contribution in [3.8, 4) is 0 Å². The largest absolute Gasteiger partial charge is 0.396 e. The summed E-state index contributed by atoms with van der Waals surface area (Å²) in [6, 6.07) is 19.6. The molecule has 0 aliphatic heterocycles. The molecule has 0 spiro atoms. The van der Waals surface area contributed by atoms with Gasteiger partial charge < -0.3 is 19.7 Å². The van der Waals surface area contributed by atoms with Crippen LogP contribution < -0.4 is 0 Å². The van der Waals surface area contributed by atoms with Crippen molar-refractivity contribution >= 4 is 0 Å². The second-order valence-corrected chi connectivity index (χ2v) is 5.51. The molecule has 0 saturated carbocycles. The van der Waals surface area contributed by atoms with E-state index in [1.54, 1.807) is 0 Å². The van der Waals surface area contributed by atoms with Crippen LogP contribution in [0.1, 0.15) is 11.1 Å². The first-order chi connectivity index (χ1) is 11.3. The average molecular weight is 316 g/mol. The fourth-order valence-corrected chi connectivity index (χ4v) is 2.20. The average Bonchev–Trinajstić information content (AvgIpc) is 2.60. The summed E-state index contributed by atoms with van der Waals surface area (Å²) in [5, 5.41) is 19.5. The molecule has 4 nitrogen and oxygen atoms in total. The van der Waals surface area contributed by atoms with Gasteiger partial charge in [0.2, 0.25) is 0 Å². The Kier molecular flexibility index (Phi) is 7.77. The minimum atomic E-state index is -0.750. The van der Waals surface area contributed by atoms with Gasteiger partial charge in [-0.2, -0.15) is 0 Å². The SMILES string of the molecule is OC[C@@H](COCc1ccccc1)[C@H](O)COCc1ccccc1. The smallest absolute Gasteiger partial charge is 0.0845 e. The number of aliphatic hydroxyl groups excluding tert-OH is 2. The van der Waals surface area contributed by atoms with Crippen LogP contribution in [0.15, 0.2) is 60.7 Å². The van der Waals surface area contributed by atoms with Crippen molar-refractivity contribution in [2.24, 2.45) is 5.92 Å². The van der Waals surface area contributed by atoms with Crippen LogP contribution in [0.3, 0.4) is 0 Å². The van der Waals surface area contributed by atoms with Crippen LogP contribution in [-0.2, 0) is 22.7 Å². The lowest BCUT2D eigenvalue weighted by atomic mass is 10.1. The highest BCUT2D eigenvalue weighted by Crippen LogP contribution is 2.09. The lowest BCUT2D eigenvalue weighted by Gasteiger charge is -2.21. The first-order valence-electron chi connectivity index (χ1n) is 7.82. The molecule has 0 saturated heterocycles.